The summed E-state index contributed by atoms with van der Waals surface area (Å²) in [7, 11) is -1.05. The van der Waals surface area contributed by atoms with Gasteiger partial charge in [0, 0.05) is 24.0 Å². The van der Waals surface area contributed by atoms with Crippen LogP contribution >= 0.6 is 0 Å². The highest BCUT2D eigenvalue weighted by Crippen LogP contribution is 2.25. The van der Waals surface area contributed by atoms with Crippen LogP contribution in [0.15, 0.2) is 18.2 Å². The number of nitrogens with one attached hydrogen (secondary N) is 3. The Kier molecular flexibility index (Phi) is 4.16. The van der Waals surface area contributed by atoms with Crippen LogP contribution < -0.4 is 15.8 Å². The first-order valence-corrected chi connectivity index (χ1v) is 6.30. The zero-order valence-electron chi connectivity index (χ0n) is 10.8. The van der Waals surface area contributed by atoms with Crippen LogP contribution in [0.3, 0.4) is 0 Å². The topological polar surface area (TPSA) is 76.5 Å². The number of hydrogen-bond donors (Lipinski definition) is 5. The molecule has 18 heavy (non-hydrogen) atoms. The summed E-state index contributed by atoms with van der Waals surface area (Å²) in [5, 5.41) is 28.0. The van der Waals surface area contributed by atoms with Gasteiger partial charge < -0.3 is 25.8 Å². The third-order valence-corrected chi connectivity index (χ3v) is 2.97. The molecule has 5 N–H and O–H groups in total. The van der Waals surface area contributed by atoms with Crippen molar-refractivity contribution in [1.29, 1.82) is 0 Å². The Balaban J connectivity index is 2.06. The van der Waals surface area contributed by atoms with Gasteiger partial charge in [0.05, 0.1) is 0 Å². The Morgan fingerprint density at radius 1 is 1.28 bits per heavy atom. The maximum atomic E-state index is 9.32. The molecule has 96 valence electrons. The first-order valence-electron chi connectivity index (χ1n) is 6.30. The molecule has 7 heteroatoms. The Hall–Kier alpha value is -1.17. The van der Waals surface area contributed by atoms with Crippen LogP contribution in [0.5, 0.6) is 0 Å². The number of anilines is 2. The van der Waals surface area contributed by atoms with Crippen LogP contribution in [0.25, 0.3) is 0 Å². The number of benzene rings is 1. The van der Waals surface area contributed by atoms with E-state index in [4.69, 9.17) is 0 Å². The average molecular weight is 247 g/mol. The van der Waals surface area contributed by atoms with Crippen LogP contribution in [0, 0.1) is 0 Å². The molecular weight excluding hydrogens is 228 g/mol. The third kappa shape index (κ3) is 3.41. The minimum Gasteiger partial charge on any atom is -0.437 e. The van der Waals surface area contributed by atoms with Crippen LogP contribution in [-0.4, -0.2) is 36.7 Å². The molecule has 2 rings (SSSR count). The van der Waals surface area contributed by atoms with Gasteiger partial charge in [-0.2, -0.15) is 0 Å². The fourth-order valence-electron chi connectivity index (χ4n) is 2.28. The maximum absolute atomic E-state index is 9.32. The van der Waals surface area contributed by atoms with Gasteiger partial charge in [0.25, 0.3) is 0 Å². The summed E-state index contributed by atoms with van der Waals surface area (Å²) in [6, 6.07) is 6.25. The molecule has 1 atom stereocenters. The van der Waals surface area contributed by atoms with Crippen molar-refractivity contribution < 1.29 is 10.0 Å². The van der Waals surface area contributed by atoms with E-state index < -0.39 is 14.1 Å². The van der Waals surface area contributed by atoms with Gasteiger partial charge in [-0.25, -0.2) is 0 Å². The minimum absolute atomic E-state index is 0.244. The molecule has 1 aromatic carbocycles. The zero-order chi connectivity index (χ0) is 13.1. The van der Waals surface area contributed by atoms with Gasteiger partial charge in [0.2, 0.25) is 0 Å². The summed E-state index contributed by atoms with van der Waals surface area (Å²) < 4.78 is 0. The predicted octanol–water partition coefficient (Wildman–Crippen LogP) is 0.245. The zero-order valence-corrected chi connectivity index (χ0v) is 10.8. The van der Waals surface area contributed by atoms with Gasteiger partial charge >= 0.3 is 14.1 Å². The van der Waals surface area contributed by atoms with Crippen LogP contribution in [0.1, 0.15) is 5.56 Å². The molecular formula is C11H19B2N3O2. The number of hydrogen-bond acceptors (Lipinski definition) is 5. The van der Waals surface area contributed by atoms with E-state index in [1.165, 1.54) is 5.56 Å². The molecule has 0 spiro atoms. The van der Waals surface area contributed by atoms with E-state index in [1.807, 2.05) is 18.2 Å². The number of fused-ring (bicyclic) bond motifs is 1. The first kappa shape index (κ1) is 13.3. The van der Waals surface area contributed by atoms with Gasteiger partial charge in [-0.05, 0) is 37.8 Å². The molecule has 0 radical (unpaired) electrons. The van der Waals surface area contributed by atoms with Gasteiger partial charge in [-0.15, -0.1) is 0 Å². The largest absolute Gasteiger partial charge is 0.437 e. The van der Waals surface area contributed by atoms with E-state index in [-0.39, 0.29) is 6.04 Å². The summed E-state index contributed by atoms with van der Waals surface area (Å²) >= 11 is 0. The van der Waals surface area contributed by atoms with Crippen molar-refractivity contribution in [2.24, 2.45) is 0 Å². The second-order valence-corrected chi connectivity index (χ2v) is 4.82. The van der Waals surface area contributed by atoms with Crippen molar-refractivity contribution in [2.75, 3.05) is 17.1 Å². The van der Waals surface area contributed by atoms with Crippen molar-refractivity contribution in [1.82, 2.24) is 5.23 Å². The van der Waals surface area contributed by atoms with Crippen LogP contribution in [0.2, 0.25) is 13.6 Å². The Morgan fingerprint density at radius 2 is 2.06 bits per heavy atom. The SMILES string of the molecule is CB(O)Nc1ccc2c(c1)NCC(NB(C)O)C2. The van der Waals surface area contributed by atoms with E-state index >= 15 is 0 Å². The Labute approximate surface area is 108 Å². The van der Waals surface area contributed by atoms with E-state index in [9.17, 15) is 10.0 Å². The summed E-state index contributed by atoms with van der Waals surface area (Å²) in [4.78, 5) is 0. The lowest BCUT2D eigenvalue weighted by atomic mass is 9.85. The van der Waals surface area contributed by atoms with E-state index in [1.54, 1.807) is 13.6 Å². The lowest BCUT2D eigenvalue weighted by molar-refractivity contribution is 0.515. The molecule has 1 aromatic rings. The molecule has 1 heterocycles. The Bertz CT molecular complexity index is 415. The Morgan fingerprint density at radius 3 is 2.72 bits per heavy atom. The standard InChI is InChI=1S/C11H19B2N3O2/c1-12(17)15-9-4-3-8-5-10(16-13(2)18)7-14-11(8)6-9/h3-4,6,10,14-18H,5,7H2,1-2H3. The summed E-state index contributed by atoms with van der Waals surface area (Å²) in [6.07, 6.45) is 0.891. The predicted molar refractivity (Wildman–Crippen MR) is 76.9 cm³/mol. The smallest absolute Gasteiger partial charge is 0.406 e. The van der Waals surface area contributed by atoms with Gasteiger partial charge in [-0.1, -0.05) is 6.07 Å². The van der Waals surface area contributed by atoms with Crippen LogP contribution in [0.4, 0.5) is 11.4 Å². The summed E-state index contributed by atoms with van der Waals surface area (Å²) in [5.74, 6) is 0. The molecule has 0 bridgehead atoms. The lowest BCUT2D eigenvalue weighted by Crippen LogP contribution is -2.46. The van der Waals surface area contributed by atoms with Crippen molar-refractivity contribution in [3.05, 3.63) is 23.8 Å². The quantitative estimate of drug-likeness (QED) is 0.493. The first-order chi connectivity index (χ1) is 8.54. The minimum atomic E-state index is -0.559. The molecule has 0 fully saturated rings. The molecule has 1 aliphatic rings. The van der Waals surface area contributed by atoms with E-state index in [0.717, 1.165) is 24.3 Å². The fraction of sp³-hybridized carbons (Fsp3) is 0.455. The molecule has 5 nitrogen and oxygen atoms in total. The second-order valence-electron chi connectivity index (χ2n) is 4.82. The van der Waals surface area contributed by atoms with Crippen molar-refractivity contribution in [3.63, 3.8) is 0 Å². The van der Waals surface area contributed by atoms with Crippen molar-refractivity contribution in [3.8, 4) is 0 Å². The average Bonchev–Trinajstić information content (AvgIpc) is 2.27. The van der Waals surface area contributed by atoms with E-state index in [2.05, 4.69) is 15.8 Å². The normalized spacial score (nSPS) is 17.7. The third-order valence-electron chi connectivity index (χ3n) is 2.97. The van der Waals surface area contributed by atoms with Crippen LogP contribution in [-0.2, 0) is 6.42 Å². The molecule has 1 unspecified atom stereocenters. The number of rotatable bonds is 4. The molecule has 0 aromatic heterocycles. The molecule has 0 saturated heterocycles. The highest BCUT2D eigenvalue weighted by molar-refractivity contribution is 6.52. The molecule has 0 amide bonds. The highest BCUT2D eigenvalue weighted by Gasteiger charge is 2.20. The van der Waals surface area contributed by atoms with Gasteiger partial charge in [0.15, 0.2) is 0 Å². The lowest BCUT2D eigenvalue weighted by Gasteiger charge is -2.28. The van der Waals surface area contributed by atoms with Gasteiger partial charge in [-0.3, -0.25) is 0 Å². The summed E-state index contributed by atoms with van der Waals surface area (Å²) in [5.41, 5.74) is 3.21. The summed E-state index contributed by atoms with van der Waals surface area (Å²) in [6.45, 7) is 4.21. The highest BCUT2D eigenvalue weighted by atomic mass is 16.2. The second kappa shape index (κ2) is 5.65. The maximum Gasteiger partial charge on any atom is 0.406 e. The molecule has 0 aliphatic carbocycles. The van der Waals surface area contributed by atoms with Crippen molar-refractivity contribution >= 4 is 25.5 Å². The molecule has 0 saturated carbocycles. The molecule has 1 aliphatic heterocycles. The fourth-order valence-corrected chi connectivity index (χ4v) is 2.28. The van der Waals surface area contributed by atoms with Gasteiger partial charge in [0.1, 0.15) is 0 Å². The van der Waals surface area contributed by atoms with Crippen molar-refractivity contribution in [2.45, 2.75) is 26.1 Å². The van der Waals surface area contributed by atoms with E-state index in [0.29, 0.717) is 0 Å². The monoisotopic (exact) mass is 247 g/mol.